The first-order chi connectivity index (χ1) is 26.9. The number of aromatic hydroxyl groups is 4. The van der Waals surface area contributed by atoms with Gasteiger partial charge in [-0.25, -0.2) is 0 Å². The van der Waals surface area contributed by atoms with Crippen molar-refractivity contribution in [3.63, 3.8) is 0 Å². The third-order valence-electron chi connectivity index (χ3n) is 9.67. The second kappa shape index (κ2) is 16.8. The zero-order chi connectivity index (χ0) is 41.6. The van der Waals surface area contributed by atoms with E-state index in [0.29, 0.717) is 0 Å². The molecule has 0 aliphatic carbocycles. The molecule has 3 aromatic rings. The van der Waals surface area contributed by atoms with Gasteiger partial charge < -0.3 is 98.9 Å². The van der Waals surface area contributed by atoms with Crippen molar-refractivity contribution in [2.45, 2.75) is 106 Å². The van der Waals surface area contributed by atoms with Gasteiger partial charge in [0.25, 0.3) is 0 Å². The maximum absolute atomic E-state index is 13.8. The Labute approximate surface area is 320 Å². The van der Waals surface area contributed by atoms with Gasteiger partial charge in [-0.1, -0.05) is 0 Å². The maximum atomic E-state index is 13.8. The van der Waals surface area contributed by atoms with Crippen molar-refractivity contribution in [3.05, 3.63) is 40.6 Å². The van der Waals surface area contributed by atoms with Gasteiger partial charge >= 0.3 is 5.97 Å². The number of ether oxygens (including phenoxy) is 7. The summed E-state index contributed by atoms with van der Waals surface area (Å²) in [5.74, 6) is -4.46. The van der Waals surface area contributed by atoms with E-state index in [9.17, 15) is 70.9 Å². The number of carbonyl (C=O) groups excluding carboxylic acids is 1. The lowest BCUT2D eigenvalue weighted by atomic mass is 9.97. The molecule has 0 unspecified atom stereocenters. The first kappa shape index (κ1) is 42.2. The number of phenolic OH excluding ortho intramolecular Hbond substituents is 4. The van der Waals surface area contributed by atoms with Gasteiger partial charge in [0.2, 0.25) is 17.5 Å². The summed E-state index contributed by atoms with van der Waals surface area (Å²) in [6, 6.07) is 5.08. The van der Waals surface area contributed by atoms with E-state index >= 15 is 0 Å². The van der Waals surface area contributed by atoms with Crippen LogP contribution in [0.5, 0.6) is 28.7 Å². The highest BCUT2D eigenvalue weighted by atomic mass is 16.8. The Hall–Kier alpha value is -4.40. The molecule has 4 heterocycles. The monoisotopic (exact) mass is 814 g/mol. The molecule has 3 saturated heterocycles. The highest BCUT2D eigenvalue weighted by molar-refractivity contribution is 5.88. The normalized spacial score (nSPS) is 35.9. The second-order valence-corrected chi connectivity index (χ2v) is 13.7. The molecule has 3 fully saturated rings. The molecule has 0 radical (unpaired) electrons. The predicted molar refractivity (Wildman–Crippen MR) is 182 cm³/mol. The number of aliphatic hydroxyl groups excluding tert-OH is 8. The zero-order valence-corrected chi connectivity index (χ0v) is 29.9. The number of rotatable bonds is 10. The molecule has 2 aromatic carbocycles. The molecule has 0 amide bonds. The van der Waals surface area contributed by atoms with Crippen molar-refractivity contribution in [1.29, 1.82) is 0 Å². The summed E-state index contributed by atoms with van der Waals surface area (Å²) in [6.07, 6.45) is -26.1. The fourth-order valence-electron chi connectivity index (χ4n) is 6.66. The van der Waals surface area contributed by atoms with Crippen molar-refractivity contribution in [1.82, 2.24) is 0 Å². The van der Waals surface area contributed by atoms with Gasteiger partial charge in [0.05, 0.1) is 19.3 Å². The minimum absolute atomic E-state index is 0.0852. The van der Waals surface area contributed by atoms with Gasteiger partial charge in [0, 0.05) is 24.6 Å². The molecule has 12 N–H and O–H groups in total. The number of esters is 1. The molecule has 6 rings (SSSR count). The standard InChI is InChI=1S/C35H42O22/c1-10-29(52-11(2)37)32(57-34-26(47)24(45)21(42)18(8-36)54-34)28(49)33(51-10)50-9-19-22(43)25(46)27(48)35(55-19)56-31-23(44)20-16(41)6-13(38)7-17(20)53-30(31)12-3-4-14(39)15(40)5-12/h3-7,10,18-19,21-22,24-29,32-36,38-43,45-49H,8-9H2,1-2H3/t10-,18-,19+,21-,22+,24+,25-,26-,27+,28-,29+,32+,33-,34+,35+/m1/s1. The van der Waals surface area contributed by atoms with Gasteiger partial charge in [-0.3, -0.25) is 9.59 Å². The number of fused-ring (bicyclic) bond motifs is 1. The summed E-state index contributed by atoms with van der Waals surface area (Å²) in [6.45, 7) is 0.899. The van der Waals surface area contributed by atoms with Gasteiger partial charge in [0.15, 0.2) is 35.9 Å². The molecule has 22 nitrogen and oxygen atoms in total. The van der Waals surface area contributed by atoms with E-state index in [1.54, 1.807) is 0 Å². The fraction of sp³-hybridized carbons (Fsp3) is 0.543. The molecule has 0 spiro atoms. The highest BCUT2D eigenvalue weighted by Gasteiger charge is 2.53. The highest BCUT2D eigenvalue weighted by Crippen LogP contribution is 2.40. The van der Waals surface area contributed by atoms with Crippen molar-refractivity contribution < 1.29 is 104 Å². The summed E-state index contributed by atoms with van der Waals surface area (Å²) >= 11 is 0. The van der Waals surface area contributed by atoms with Crippen LogP contribution in [0.3, 0.4) is 0 Å². The topological polar surface area (TPSA) is 355 Å². The van der Waals surface area contributed by atoms with Crippen LogP contribution in [0.4, 0.5) is 0 Å². The molecular weight excluding hydrogens is 772 g/mol. The number of carbonyl (C=O) groups is 1. The minimum atomic E-state index is -2.07. The molecule has 3 aliphatic heterocycles. The Morgan fingerprint density at radius 2 is 1.37 bits per heavy atom. The lowest BCUT2D eigenvalue weighted by molar-refractivity contribution is -0.361. The quantitative estimate of drug-likeness (QED) is 0.0705. The smallest absolute Gasteiger partial charge is 0.303 e. The van der Waals surface area contributed by atoms with E-state index in [0.717, 1.165) is 31.2 Å². The lowest BCUT2D eigenvalue weighted by Crippen LogP contribution is -2.65. The first-order valence-electron chi connectivity index (χ1n) is 17.4. The lowest BCUT2D eigenvalue weighted by Gasteiger charge is -2.46. The van der Waals surface area contributed by atoms with Crippen LogP contribution in [-0.2, 0) is 33.2 Å². The Kier molecular flexibility index (Phi) is 12.5. The number of phenols is 4. The van der Waals surface area contributed by atoms with E-state index in [2.05, 4.69) is 0 Å². The Balaban J connectivity index is 1.25. The summed E-state index contributed by atoms with van der Waals surface area (Å²) in [4.78, 5) is 25.8. The number of hydrogen-bond acceptors (Lipinski definition) is 22. The van der Waals surface area contributed by atoms with Crippen LogP contribution in [-0.4, -0.2) is 173 Å². The minimum Gasteiger partial charge on any atom is -0.508 e. The van der Waals surface area contributed by atoms with Crippen LogP contribution in [0.25, 0.3) is 22.3 Å². The van der Waals surface area contributed by atoms with E-state index in [-0.39, 0.29) is 11.1 Å². The van der Waals surface area contributed by atoms with E-state index in [1.807, 2.05) is 0 Å². The van der Waals surface area contributed by atoms with Crippen LogP contribution in [0.1, 0.15) is 13.8 Å². The van der Waals surface area contributed by atoms with Gasteiger partial charge in [-0.2, -0.15) is 0 Å². The molecule has 314 valence electrons. The molecule has 22 heteroatoms. The predicted octanol–water partition coefficient (Wildman–Crippen LogP) is -3.29. The van der Waals surface area contributed by atoms with E-state index in [4.69, 9.17) is 37.6 Å². The van der Waals surface area contributed by atoms with Crippen LogP contribution >= 0.6 is 0 Å². The maximum Gasteiger partial charge on any atom is 0.303 e. The van der Waals surface area contributed by atoms with Crippen molar-refractivity contribution in [2.24, 2.45) is 0 Å². The summed E-state index contributed by atoms with van der Waals surface area (Å²) in [5, 5.41) is 125. The zero-order valence-electron chi connectivity index (χ0n) is 29.9. The number of aliphatic hydroxyl groups is 8. The van der Waals surface area contributed by atoms with E-state index < -0.39 is 157 Å². The number of hydrogen-bond donors (Lipinski definition) is 12. The van der Waals surface area contributed by atoms with Gasteiger partial charge in [-0.15, -0.1) is 0 Å². The first-order valence-corrected chi connectivity index (χ1v) is 17.4. The Bertz CT molecular complexity index is 1970. The average molecular weight is 815 g/mol. The van der Waals surface area contributed by atoms with Crippen molar-refractivity contribution in [3.8, 4) is 40.1 Å². The molecule has 3 aliphatic rings. The third-order valence-corrected chi connectivity index (χ3v) is 9.67. The molecule has 15 atom stereocenters. The molecule has 1 aromatic heterocycles. The summed E-state index contributed by atoms with van der Waals surface area (Å²) < 4.78 is 45.1. The van der Waals surface area contributed by atoms with Crippen LogP contribution in [0, 0.1) is 0 Å². The molecule has 0 bridgehead atoms. The van der Waals surface area contributed by atoms with Gasteiger partial charge in [0.1, 0.15) is 83.5 Å². The van der Waals surface area contributed by atoms with E-state index in [1.165, 1.54) is 13.0 Å². The summed E-state index contributed by atoms with van der Waals surface area (Å²) in [7, 11) is 0. The second-order valence-electron chi connectivity index (χ2n) is 13.7. The summed E-state index contributed by atoms with van der Waals surface area (Å²) in [5.41, 5.74) is -1.51. The molecule has 0 saturated carbocycles. The van der Waals surface area contributed by atoms with Crippen molar-refractivity contribution in [2.75, 3.05) is 13.2 Å². The van der Waals surface area contributed by atoms with Gasteiger partial charge in [-0.05, 0) is 25.1 Å². The third kappa shape index (κ3) is 8.31. The fourth-order valence-corrected chi connectivity index (χ4v) is 6.66. The van der Waals surface area contributed by atoms with Crippen LogP contribution < -0.4 is 10.2 Å². The number of benzene rings is 2. The largest absolute Gasteiger partial charge is 0.508 e. The average Bonchev–Trinajstić information content (AvgIpc) is 3.15. The van der Waals surface area contributed by atoms with Crippen molar-refractivity contribution >= 4 is 16.9 Å². The van der Waals surface area contributed by atoms with Crippen LogP contribution in [0.15, 0.2) is 39.5 Å². The molecule has 57 heavy (non-hydrogen) atoms. The Morgan fingerprint density at radius 1 is 0.719 bits per heavy atom. The van der Waals surface area contributed by atoms with Crippen LogP contribution in [0.2, 0.25) is 0 Å². The Morgan fingerprint density at radius 3 is 2.02 bits per heavy atom. The SMILES string of the molecule is CC(=O)O[C@@H]1[C@@H](O[C@@H]2O[C@H](CO)[C@@H](O)[C@H](O)[C@H]2O)[C@@H](O)[C@H](OC[C@@H]2O[C@@H](Oc3c(-c4ccc(O)c(O)c4)oc4cc(O)cc(O)c4c3=O)[C@@H](O)[C@H](O)[C@H]2O)O[C@@H]1C. The molecular formula is C35H42O22.